The van der Waals surface area contributed by atoms with Crippen LogP contribution in [0.15, 0.2) is 48.5 Å². The number of carbonyl (C=O) groups is 4. The first-order valence-corrected chi connectivity index (χ1v) is 9.47. The highest BCUT2D eigenvalue weighted by Crippen LogP contribution is 2.12. The molecule has 0 aromatic heterocycles. The second-order valence-corrected chi connectivity index (χ2v) is 6.74. The summed E-state index contributed by atoms with van der Waals surface area (Å²) in [6.07, 6.45) is 0. The Kier molecular flexibility index (Phi) is 8.56. The third-order valence-electron chi connectivity index (χ3n) is 4.22. The van der Waals surface area contributed by atoms with Crippen molar-refractivity contribution in [2.45, 2.75) is 6.92 Å². The van der Waals surface area contributed by atoms with Crippen molar-refractivity contribution in [1.82, 2.24) is 10.2 Å². The zero-order valence-corrected chi connectivity index (χ0v) is 17.6. The van der Waals surface area contributed by atoms with Crippen molar-refractivity contribution in [1.29, 1.82) is 0 Å². The quantitative estimate of drug-likeness (QED) is 0.585. The lowest BCUT2D eigenvalue weighted by Gasteiger charge is -2.17. The summed E-state index contributed by atoms with van der Waals surface area (Å²) in [6.45, 7) is 0.795. The molecule has 0 atom stereocenters. The molecule has 0 radical (unpaired) electrons. The Morgan fingerprint density at radius 3 is 2.42 bits per heavy atom. The van der Waals surface area contributed by atoms with Crippen LogP contribution >= 0.6 is 0 Å². The number of amides is 3. The van der Waals surface area contributed by atoms with Crippen LogP contribution in [0.1, 0.15) is 15.9 Å². The van der Waals surface area contributed by atoms with Gasteiger partial charge in [-0.3, -0.25) is 19.2 Å². The number of likely N-dealkylation sites (N-methyl/N-ethyl adjacent to an activating group) is 1. The molecule has 0 unspecified atom stereocenters. The average Bonchev–Trinajstić information content (AvgIpc) is 2.77. The summed E-state index contributed by atoms with van der Waals surface area (Å²) >= 11 is 0. The molecule has 31 heavy (non-hydrogen) atoms. The molecule has 0 spiro atoms. The number of hydrogen-bond acceptors (Lipinski definition) is 6. The van der Waals surface area contributed by atoms with E-state index in [0.717, 1.165) is 10.5 Å². The second kappa shape index (κ2) is 11.3. The molecule has 164 valence electrons. The molecule has 2 rings (SSSR count). The van der Waals surface area contributed by atoms with Gasteiger partial charge in [-0.25, -0.2) is 0 Å². The van der Waals surface area contributed by atoms with Crippen LogP contribution < -0.4 is 15.4 Å². The van der Waals surface area contributed by atoms with Crippen LogP contribution in [0, 0.1) is 6.92 Å². The van der Waals surface area contributed by atoms with E-state index in [0.29, 0.717) is 17.0 Å². The fourth-order valence-corrected chi connectivity index (χ4v) is 2.46. The van der Waals surface area contributed by atoms with Gasteiger partial charge in [-0.1, -0.05) is 23.8 Å². The van der Waals surface area contributed by atoms with E-state index in [1.807, 2.05) is 19.1 Å². The Bertz CT molecular complexity index is 943. The van der Waals surface area contributed by atoms with Crippen LogP contribution in [0.4, 0.5) is 5.69 Å². The first kappa shape index (κ1) is 23.4. The molecular weight excluding hydrogens is 402 g/mol. The predicted molar refractivity (Wildman–Crippen MR) is 114 cm³/mol. The zero-order chi connectivity index (χ0) is 22.8. The second-order valence-electron chi connectivity index (χ2n) is 6.74. The highest BCUT2D eigenvalue weighted by Gasteiger charge is 2.16. The van der Waals surface area contributed by atoms with Gasteiger partial charge in [0.05, 0.1) is 13.7 Å². The van der Waals surface area contributed by atoms with Gasteiger partial charge in [-0.05, 0) is 37.3 Å². The smallest absolute Gasteiger partial charge is 0.325 e. The van der Waals surface area contributed by atoms with Crippen LogP contribution in [0.2, 0.25) is 0 Å². The molecule has 2 N–H and O–H groups in total. The van der Waals surface area contributed by atoms with Gasteiger partial charge in [0.25, 0.3) is 11.8 Å². The van der Waals surface area contributed by atoms with E-state index in [1.54, 1.807) is 30.3 Å². The molecule has 0 fully saturated rings. The summed E-state index contributed by atoms with van der Waals surface area (Å²) < 4.78 is 9.91. The molecule has 9 nitrogen and oxygen atoms in total. The maximum atomic E-state index is 12.1. The number of ether oxygens (including phenoxy) is 2. The normalized spacial score (nSPS) is 10.0. The Balaban J connectivity index is 1.71. The number of esters is 1. The minimum absolute atomic E-state index is 0.198. The number of benzene rings is 2. The summed E-state index contributed by atoms with van der Waals surface area (Å²) in [5.41, 5.74) is 2.00. The molecule has 0 heterocycles. The van der Waals surface area contributed by atoms with Crippen LogP contribution in [-0.2, 0) is 19.1 Å². The zero-order valence-electron chi connectivity index (χ0n) is 17.6. The molecule has 0 saturated carbocycles. The number of methoxy groups -OCH3 is 1. The van der Waals surface area contributed by atoms with Crippen molar-refractivity contribution in [3.05, 3.63) is 59.7 Å². The molecule has 0 aliphatic rings. The number of anilines is 1. The fourth-order valence-electron chi connectivity index (χ4n) is 2.46. The monoisotopic (exact) mass is 427 g/mol. The van der Waals surface area contributed by atoms with Crippen molar-refractivity contribution < 1.29 is 28.7 Å². The lowest BCUT2D eigenvalue weighted by atomic mass is 10.2. The molecule has 3 amide bonds. The fraction of sp³-hybridized carbons (Fsp3) is 0.273. The molecule has 0 aliphatic carbocycles. The van der Waals surface area contributed by atoms with Crippen LogP contribution in [0.5, 0.6) is 5.75 Å². The summed E-state index contributed by atoms with van der Waals surface area (Å²) in [7, 11) is 2.91. The summed E-state index contributed by atoms with van der Waals surface area (Å²) in [5.74, 6) is -1.67. The van der Waals surface area contributed by atoms with Gasteiger partial charge in [-0.15, -0.1) is 0 Å². The van der Waals surface area contributed by atoms with Crippen LogP contribution in [0.3, 0.4) is 0 Å². The van der Waals surface area contributed by atoms with Crippen molar-refractivity contribution in [2.24, 2.45) is 0 Å². The molecule has 0 saturated heterocycles. The highest BCUT2D eigenvalue weighted by atomic mass is 16.5. The molecule has 9 heteroatoms. The number of aryl methyl sites for hydroxylation is 1. The Morgan fingerprint density at radius 1 is 1.03 bits per heavy atom. The van der Waals surface area contributed by atoms with E-state index < -0.39 is 30.9 Å². The molecule has 0 aliphatic heterocycles. The predicted octanol–water partition coefficient (Wildman–Crippen LogP) is 1.37. The van der Waals surface area contributed by atoms with E-state index in [-0.39, 0.29) is 12.5 Å². The average molecular weight is 427 g/mol. The lowest BCUT2D eigenvalue weighted by Crippen LogP contribution is -2.38. The van der Waals surface area contributed by atoms with Gasteiger partial charge in [0.15, 0.2) is 6.61 Å². The van der Waals surface area contributed by atoms with E-state index in [2.05, 4.69) is 10.6 Å². The Labute approximate surface area is 180 Å². The third kappa shape index (κ3) is 7.81. The standard InChI is InChI=1S/C22H25N3O6/c1-15-7-9-17(10-8-15)24-19(26)13-25(2)20(27)14-31-21(28)12-23-22(29)16-5-4-6-18(11-16)30-3/h4-11H,12-14H2,1-3H3,(H,23,29)(H,24,26). The maximum absolute atomic E-state index is 12.1. The van der Waals surface area contributed by atoms with Gasteiger partial charge < -0.3 is 25.0 Å². The van der Waals surface area contributed by atoms with Crippen LogP contribution in [-0.4, -0.2) is 62.4 Å². The Morgan fingerprint density at radius 2 is 1.74 bits per heavy atom. The molecular formula is C22H25N3O6. The summed E-state index contributed by atoms with van der Waals surface area (Å²) in [5, 5.41) is 5.09. The SMILES string of the molecule is COc1cccc(C(=O)NCC(=O)OCC(=O)N(C)CC(=O)Nc2ccc(C)cc2)c1. The molecule has 2 aromatic carbocycles. The van der Waals surface area contributed by atoms with Gasteiger partial charge in [0, 0.05) is 18.3 Å². The van der Waals surface area contributed by atoms with Crippen molar-refractivity contribution >= 4 is 29.4 Å². The van der Waals surface area contributed by atoms with Crippen LogP contribution in [0.25, 0.3) is 0 Å². The van der Waals surface area contributed by atoms with E-state index >= 15 is 0 Å². The number of rotatable bonds is 9. The van der Waals surface area contributed by atoms with Gasteiger partial charge in [0.2, 0.25) is 5.91 Å². The minimum atomic E-state index is -0.776. The largest absolute Gasteiger partial charge is 0.497 e. The van der Waals surface area contributed by atoms with Crippen molar-refractivity contribution in [3.63, 3.8) is 0 Å². The number of nitrogens with one attached hydrogen (secondary N) is 2. The summed E-state index contributed by atoms with van der Waals surface area (Å²) in [4.78, 5) is 49.1. The maximum Gasteiger partial charge on any atom is 0.325 e. The Hall–Kier alpha value is -3.88. The van der Waals surface area contributed by atoms with Crippen molar-refractivity contribution in [2.75, 3.05) is 39.2 Å². The van der Waals surface area contributed by atoms with Gasteiger partial charge in [0.1, 0.15) is 12.3 Å². The highest BCUT2D eigenvalue weighted by molar-refractivity contribution is 5.97. The van der Waals surface area contributed by atoms with Gasteiger partial charge in [-0.2, -0.15) is 0 Å². The number of nitrogens with zero attached hydrogens (tertiary/aromatic N) is 1. The lowest BCUT2D eigenvalue weighted by molar-refractivity contribution is -0.150. The van der Waals surface area contributed by atoms with Gasteiger partial charge >= 0.3 is 5.97 Å². The van der Waals surface area contributed by atoms with E-state index in [1.165, 1.54) is 20.2 Å². The van der Waals surface area contributed by atoms with E-state index in [4.69, 9.17) is 9.47 Å². The number of hydrogen-bond donors (Lipinski definition) is 2. The molecule has 0 bridgehead atoms. The topological polar surface area (TPSA) is 114 Å². The first-order valence-electron chi connectivity index (χ1n) is 9.47. The summed E-state index contributed by atoms with van der Waals surface area (Å²) in [6, 6.07) is 13.7. The van der Waals surface area contributed by atoms with E-state index in [9.17, 15) is 19.2 Å². The minimum Gasteiger partial charge on any atom is -0.497 e. The number of carbonyl (C=O) groups excluding carboxylic acids is 4. The molecule has 2 aromatic rings. The first-order chi connectivity index (χ1) is 14.8. The third-order valence-corrected chi connectivity index (χ3v) is 4.22. The van der Waals surface area contributed by atoms with Crippen molar-refractivity contribution in [3.8, 4) is 5.75 Å².